The van der Waals surface area contributed by atoms with Crippen LogP contribution in [0.4, 0.5) is 16.2 Å². The zero-order chi connectivity index (χ0) is 29.9. The van der Waals surface area contributed by atoms with E-state index in [0.29, 0.717) is 25.3 Å². The Labute approximate surface area is 236 Å². The normalized spacial score (nSPS) is 12.3. The standard InChI is InChI=1S/C27H33N3O11/c1-36-21-12-17(20(30(34)35)15-24(21)40-11-7-8-25(31)39-4)16-41-27(33)28-19-14-23(38-3)22(37-2)13-18(19)26(32)29-9-5-6-10-29/h12-15H,5-11,16H2,1-4H3,(H,28,33). The van der Waals surface area contributed by atoms with E-state index in [2.05, 4.69) is 10.1 Å². The van der Waals surface area contributed by atoms with Crippen LogP contribution in [0, 0.1) is 10.1 Å². The van der Waals surface area contributed by atoms with Gasteiger partial charge >= 0.3 is 12.1 Å². The van der Waals surface area contributed by atoms with Gasteiger partial charge < -0.3 is 33.3 Å². The highest BCUT2D eigenvalue weighted by atomic mass is 16.6. The molecule has 0 aliphatic carbocycles. The number of esters is 1. The third kappa shape index (κ3) is 7.90. The molecule has 2 aromatic rings. The highest BCUT2D eigenvalue weighted by molar-refractivity contribution is 6.03. The molecule has 0 aromatic heterocycles. The van der Waals surface area contributed by atoms with Gasteiger partial charge in [0, 0.05) is 25.6 Å². The summed E-state index contributed by atoms with van der Waals surface area (Å²) in [6, 6.07) is 5.42. The van der Waals surface area contributed by atoms with Crippen LogP contribution in [0.3, 0.4) is 0 Å². The molecule has 2 amide bonds. The number of nitro groups is 1. The minimum absolute atomic E-state index is 0.0459. The first-order valence-electron chi connectivity index (χ1n) is 12.8. The summed E-state index contributed by atoms with van der Waals surface area (Å²) in [7, 11) is 5.48. The molecule has 1 fully saturated rings. The molecule has 0 atom stereocenters. The molecule has 0 saturated carbocycles. The van der Waals surface area contributed by atoms with E-state index in [1.807, 2.05) is 0 Å². The Bertz CT molecular complexity index is 1280. The van der Waals surface area contributed by atoms with E-state index in [1.165, 1.54) is 46.6 Å². The Morgan fingerprint density at radius 1 is 0.927 bits per heavy atom. The van der Waals surface area contributed by atoms with Gasteiger partial charge in [-0.25, -0.2) is 4.79 Å². The second-order valence-corrected chi connectivity index (χ2v) is 8.87. The molecule has 1 aliphatic heterocycles. The summed E-state index contributed by atoms with van der Waals surface area (Å²) in [5.74, 6) is 0.158. The van der Waals surface area contributed by atoms with Crippen LogP contribution in [0.1, 0.15) is 41.6 Å². The zero-order valence-electron chi connectivity index (χ0n) is 23.4. The van der Waals surface area contributed by atoms with Gasteiger partial charge in [0.25, 0.3) is 11.6 Å². The maximum Gasteiger partial charge on any atom is 0.411 e. The number of ether oxygens (including phenoxy) is 6. The smallest absolute Gasteiger partial charge is 0.411 e. The van der Waals surface area contributed by atoms with Crippen LogP contribution in [0.25, 0.3) is 0 Å². The number of carbonyl (C=O) groups is 3. The van der Waals surface area contributed by atoms with Gasteiger partial charge in [0.1, 0.15) is 6.61 Å². The first-order valence-corrected chi connectivity index (χ1v) is 12.8. The number of anilines is 1. The Morgan fingerprint density at radius 2 is 1.56 bits per heavy atom. The number of methoxy groups -OCH3 is 4. The monoisotopic (exact) mass is 575 g/mol. The van der Waals surface area contributed by atoms with Crippen LogP contribution in [-0.2, 0) is 20.9 Å². The maximum atomic E-state index is 13.2. The topological polar surface area (TPSA) is 165 Å². The molecule has 14 heteroatoms. The van der Waals surface area contributed by atoms with Crippen LogP contribution < -0.4 is 24.3 Å². The quantitative estimate of drug-likeness (QED) is 0.159. The first-order chi connectivity index (χ1) is 19.7. The van der Waals surface area contributed by atoms with Crippen molar-refractivity contribution in [1.82, 2.24) is 4.90 Å². The van der Waals surface area contributed by atoms with Crippen LogP contribution in [0.5, 0.6) is 23.0 Å². The van der Waals surface area contributed by atoms with E-state index in [1.54, 1.807) is 4.90 Å². The summed E-state index contributed by atoms with van der Waals surface area (Å²) in [4.78, 5) is 50.1. The lowest BCUT2D eigenvalue weighted by molar-refractivity contribution is -0.385. The fourth-order valence-electron chi connectivity index (χ4n) is 4.19. The number of hydrogen-bond donors (Lipinski definition) is 1. The zero-order valence-corrected chi connectivity index (χ0v) is 23.4. The van der Waals surface area contributed by atoms with Crippen molar-refractivity contribution >= 4 is 29.3 Å². The number of hydrogen-bond acceptors (Lipinski definition) is 11. The van der Waals surface area contributed by atoms with Crippen molar-refractivity contribution in [3.05, 3.63) is 45.5 Å². The minimum atomic E-state index is -0.955. The number of likely N-dealkylation sites (tertiary alicyclic amines) is 1. The summed E-state index contributed by atoms with van der Waals surface area (Å²) in [5.41, 5.74) is -0.00245. The summed E-state index contributed by atoms with van der Waals surface area (Å²) in [6.45, 7) is 0.787. The largest absolute Gasteiger partial charge is 0.493 e. The van der Waals surface area contributed by atoms with Crippen molar-refractivity contribution < 1.29 is 47.7 Å². The molecule has 222 valence electrons. The van der Waals surface area contributed by atoms with E-state index in [-0.39, 0.29) is 58.7 Å². The number of rotatable bonds is 13. The van der Waals surface area contributed by atoms with Crippen molar-refractivity contribution in [1.29, 1.82) is 0 Å². The summed E-state index contributed by atoms with van der Waals surface area (Å²) >= 11 is 0. The molecule has 0 spiro atoms. The van der Waals surface area contributed by atoms with E-state index >= 15 is 0 Å². The fourth-order valence-corrected chi connectivity index (χ4v) is 4.19. The second kappa shape index (κ2) is 14.6. The van der Waals surface area contributed by atoms with Crippen LogP contribution in [0.15, 0.2) is 24.3 Å². The number of nitrogens with zero attached hydrogens (tertiary/aromatic N) is 2. The molecule has 0 radical (unpaired) electrons. The van der Waals surface area contributed by atoms with Crippen molar-refractivity contribution in [2.75, 3.05) is 53.5 Å². The van der Waals surface area contributed by atoms with Crippen LogP contribution in [0.2, 0.25) is 0 Å². The summed E-state index contributed by atoms with van der Waals surface area (Å²) in [5, 5.41) is 14.3. The van der Waals surface area contributed by atoms with E-state index in [0.717, 1.165) is 18.9 Å². The highest BCUT2D eigenvalue weighted by Crippen LogP contribution is 2.36. The molecule has 2 aromatic carbocycles. The van der Waals surface area contributed by atoms with Gasteiger partial charge in [-0.1, -0.05) is 0 Å². The third-order valence-electron chi connectivity index (χ3n) is 6.31. The predicted octanol–water partition coefficient (Wildman–Crippen LogP) is 3.94. The molecule has 0 unspecified atom stereocenters. The number of benzene rings is 2. The molecule has 41 heavy (non-hydrogen) atoms. The second-order valence-electron chi connectivity index (χ2n) is 8.87. The lowest BCUT2D eigenvalue weighted by atomic mass is 10.1. The Kier molecular flexibility index (Phi) is 11.0. The average molecular weight is 576 g/mol. The number of nitrogens with one attached hydrogen (secondary N) is 1. The summed E-state index contributed by atoms with van der Waals surface area (Å²) < 4.78 is 31.4. The highest BCUT2D eigenvalue weighted by Gasteiger charge is 2.26. The van der Waals surface area contributed by atoms with Gasteiger partial charge in [0.05, 0.1) is 62.9 Å². The molecule has 1 heterocycles. The average Bonchev–Trinajstić information content (AvgIpc) is 3.52. The molecule has 1 N–H and O–H groups in total. The SMILES string of the molecule is COC(=O)CCCOc1cc([N+](=O)[O-])c(COC(=O)Nc2cc(OC)c(OC)cc2C(=O)N2CCCC2)cc1OC. The molecule has 14 nitrogen and oxygen atoms in total. The fraction of sp³-hybridized carbons (Fsp3) is 0.444. The lowest BCUT2D eigenvalue weighted by Gasteiger charge is -2.20. The molecular weight excluding hydrogens is 542 g/mol. The molecule has 1 saturated heterocycles. The minimum Gasteiger partial charge on any atom is -0.493 e. The molecular formula is C27H33N3O11. The Balaban J connectivity index is 1.77. The van der Waals surface area contributed by atoms with Crippen molar-refractivity contribution in [3.8, 4) is 23.0 Å². The Morgan fingerprint density at radius 3 is 2.17 bits per heavy atom. The third-order valence-corrected chi connectivity index (χ3v) is 6.31. The first kappa shape index (κ1) is 30.8. The van der Waals surface area contributed by atoms with Gasteiger partial charge in [-0.2, -0.15) is 0 Å². The number of amides is 2. The van der Waals surface area contributed by atoms with Gasteiger partial charge in [0.2, 0.25) is 0 Å². The van der Waals surface area contributed by atoms with E-state index in [9.17, 15) is 24.5 Å². The number of carbonyl (C=O) groups excluding carboxylic acids is 3. The molecule has 3 rings (SSSR count). The molecule has 0 bridgehead atoms. The van der Waals surface area contributed by atoms with Crippen molar-refractivity contribution in [3.63, 3.8) is 0 Å². The van der Waals surface area contributed by atoms with Gasteiger partial charge in [-0.15, -0.1) is 0 Å². The lowest BCUT2D eigenvalue weighted by Crippen LogP contribution is -2.29. The van der Waals surface area contributed by atoms with E-state index in [4.69, 9.17) is 23.7 Å². The van der Waals surface area contributed by atoms with Crippen LogP contribution in [-0.4, -0.2) is 75.9 Å². The van der Waals surface area contributed by atoms with Crippen molar-refractivity contribution in [2.24, 2.45) is 0 Å². The van der Waals surface area contributed by atoms with Gasteiger partial charge in [0.15, 0.2) is 23.0 Å². The predicted molar refractivity (Wildman–Crippen MR) is 145 cm³/mol. The van der Waals surface area contributed by atoms with Gasteiger partial charge in [-0.05, 0) is 31.4 Å². The number of nitro benzene ring substituents is 1. The van der Waals surface area contributed by atoms with Crippen LogP contribution >= 0.6 is 0 Å². The van der Waals surface area contributed by atoms with Gasteiger partial charge in [-0.3, -0.25) is 25.0 Å². The molecule has 1 aliphatic rings. The van der Waals surface area contributed by atoms with E-state index < -0.39 is 23.6 Å². The Hall–Kier alpha value is -4.75. The maximum absolute atomic E-state index is 13.2. The van der Waals surface area contributed by atoms with Crippen molar-refractivity contribution in [2.45, 2.75) is 32.3 Å². The summed E-state index contributed by atoms with van der Waals surface area (Å²) in [6.07, 6.45) is 1.25.